The molecule has 0 aliphatic rings. The van der Waals surface area contributed by atoms with E-state index in [4.69, 9.17) is 0 Å². The number of nitrogens with zero attached hydrogens (tertiary/aromatic N) is 4. The quantitative estimate of drug-likeness (QED) is 0.620. The molecule has 0 bridgehead atoms. The molecule has 0 saturated heterocycles. The summed E-state index contributed by atoms with van der Waals surface area (Å²) in [6.45, 7) is 10.0. The molecule has 0 spiro atoms. The van der Waals surface area contributed by atoms with Crippen LogP contribution in [0.2, 0.25) is 0 Å². The summed E-state index contributed by atoms with van der Waals surface area (Å²) in [5, 5.41) is 6.54. The molecule has 0 amide bonds. The van der Waals surface area contributed by atoms with Gasteiger partial charge < -0.3 is 0 Å². The summed E-state index contributed by atoms with van der Waals surface area (Å²) in [6.07, 6.45) is 0. The van der Waals surface area contributed by atoms with Crippen molar-refractivity contribution in [2.24, 2.45) is 7.05 Å². The fourth-order valence-corrected chi connectivity index (χ4v) is 3.85. The normalized spacial score (nSPS) is 10.6. The minimum atomic E-state index is 0.782. The Kier molecular flexibility index (Phi) is 4.78. The Labute approximate surface area is 137 Å². The van der Waals surface area contributed by atoms with Crippen LogP contribution in [-0.4, -0.2) is 19.7 Å². The average Bonchev–Trinajstić information content (AvgIpc) is 2.93. The number of thiophene rings is 1. The van der Waals surface area contributed by atoms with Gasteiger partial charge in [-0.3, -0.25) is 4.68 Å². The molecule has 3 aromatic heterocycles. The molecule has 0 N–H and O–H groups in total. The highest BCUT2D eigenvalue weighted by atomic mass is 79.9. The zero-order valence-corrected chi connectivity index (χ0v) is 15.6. The molecular formula is C15H19BrN4S. The summed E-state index contributed by atoms with van der Waals surface area (Å²) < 4.78 is 4.03. The van der Waals surface area contributed by atoms with Crippen LogP contribution in [0.1, 0.15) is 31.1 Å². The first-order valence-electron chi connectivity index (χ1n) is 6.91. The van der Waals surface area contributed by atoms with Crippen molar-refractivity contribution in [3.05, 3.63) is 27.1 Å². The van der Waals surface area contributed by atoms with E-state index in [1.54, 1.807) is 11.3 Å². The Morgan fingerprint density at radius 2 is 1.81 bits per heavy atom. The summed E-state index contributed by atoms with van der Waals surface area (Å²) in [5.74, 6) is 0.782. The predicted molar refractivity (Wildman–Crippen MR) is 92.9 cm³/mol. The van der Waals surface area contributed by atoms with Crippen molar-refractivity contribution in [3.63, 3.8) is 0 Å². The van der Waals surface area contributed by atoms with Gasteiger partial charge in [-0.15, -0.1) is 11.3 Å². The van der Waals surface area contributed by atoms with Crippen LogP contribution in [0.15, 0.2) is 9.85 Å². The Balaban J connectivity index is 0.000000774. The second-order valence-corrected chi connectivity index (χ2v) is 6.28. The molecule has 0 aliphatic carbocycles. The third kappa shape index (κ3) is 2.74. The lowest BCUT2D eigenvalue weighted by Crippen LogP contribution is -1.95. The van der Waals surface area contributed by atoms with Crippen LogP contribution < -0.4 is 0 Å². The lowest BCUT2D eigenvalue weighted by molar-refractivity contribution is 0.731. The first-order chi connectivity index (χ1) is 9.99. The van der Waals surface area contributed by atoms with Crippen LogP contribution >= 0.6 is 27.3 Å². The van der Waals surface area contributed by atoms with E-state index < -0.39 is 0 Å². The topological polar surface area (TPSA) is 43.6 Å². The van der Waals surface area contributed by atoms with Crippen molar-refractivity contribution < 1.29 is 0 Å². The molecule has 3 rings (SSSR count). The van der Waals surface area contributed by atoms with Gasteiger partial charge in [0.2, 0.25) is 0 Å². The number of halogens is 1. The third-order valence-electron chi connectivity index (χ3n) is 3.23. The van der Waals surface area contributed by atoms with E-state index in [1.165, 1.54) is 0 Å². The number of aryl methyl sites for hydroxylation is 3. The zero-order valence-electron chi connectivity index (χ0n) is 13.2. The SMILES string of the molecule is CC.Cc1nc(-c2c(C)nn(C)c2C)c2scc(Br)c2n1. The third-order valence-corrected chi connectivity index (χ3v) is 5.11. The molecule has 0 fully saturated rings. The summed E-state index contributed by atoms with van der Waals surface area (Å²) in [6, 6.07) is 0. The van der Waals surface area contributed by atoms with E-state index in [0.29, 0.717) is 0 Å². The Bertz CT molecular complexity index is 789. The van der Waals surface area contributed by atoms with E-state index in [-0.39, 0.29) is 0 Å². The highest BCUT2D eigenvalue weighted by molar-refractivity contribution is 9.10. The minimum Gasteiger partial charge on any atom is -0.272 e. The van der Waals surface area contributed by atoms with Gasteiger partial charge in [0.15, 0.2) is 0 Å². The molecule has 0 radical (unpaired) electrons. The smallest absolute Gasteiger partial charge is 0.126 e. The first-order valence-corrected chi connectivity index (χ1v) is 8.58. The van der Waals surface area contributed by atoms with Crippen LogP contribution in [0.4, 0.5) is 0 Å². The van der Waals surface area contributed by atoms with Crippen LogP contribution in [0.5, 0.6) is 0 Å². The van der Waals surface area contributed by atoms with Gasteiger partial charge in [-0.05, 0) is 36.7 Å². The molecular weight excluding hydrogens is 348 g/mol. The van der Waals surface area contributed by atoms with Gasteiger partial charge in [-0.2, -0.15) is 5.10 Å². The Hall–Kier alpha value is -1.27. The molecule has 0 aliphatic heterocycles. The summed E-state index contributed by atoms with van der Waals surface area (Å²) in [7, 11) is 1.96. The number of rotatable bonds is 1. The van der Waals surface area contributed by atoms with E-state index in [1.807, 2.05) is 39.4 Å². The number of hydrogen-bond acceptors (Lipinski definition) is 4. The lowest BCUT2D eigenvalue weighted by Gasteiger charge is -2.04. The summed E-state index contributed by atoms with van der Waals surface area (Å²) >= 11 is 5.21. The monoisotopic (exact) mass is 366 g/mol. The average molecular weight is 367 g/mol. The van der Waals surface area contributed by atoms with Gasteiger partial charge in [0.25, 0.3) is 0 Å². The zero-order chi connectivity index (χ0) is 15.7. The number of fused-ring (bicyclic) bond motifs is 1. The largest absolute Gasteiger partial charge is 0.272 e. The highest BCUT2D eigenvalue weighted by Gasteiger charge is 2.18. The number of hydrogen-bond donors (Lipinski definition) is 0. The van der Waals surface area contributed by atoms with Crippen LogP contribution in [-0.2, 0) is 7.05 Å². The minimum absolute atomic E-state index is 0.782. The van der Waals surface area contributed by atoms with Crippen molar-refractivity contribution in [3.8, 4) is 11.3 Å². The number of aromatic nitrogens is 4. The lowest BCUT2D eigenvalue weighted by atomic mass is 10.1. The summed E-state index contributed by atoms with van der Waals surface area (Å²) in [4.78, 5) is 9.16. The second-order valence-electron chi connectivity index (χ2n) is 4.55. The van der Waals surface area contributed by atoms with Crippen molar-refractivity contribution in [2.45, 2.75) is 34.6 Å². The van der Waals surface area contributed by atoms with Gasteiger partial charge in [-0.1, -0.05) is 13.8 Å². The standard InChI is InChI=1S/C13H13BrN4S.C2H6/c1-6-10(7(2)18(4)17-6)12-13-11(9(14)5-19-13)15-8(3)16-12;1-2/h5H,1-4H3;1-2H3. The molecule has 112 valence electrons. The van der Waals surface area contributed by atoms with E-state index in [0.717, 1.165) is 43.2 Å². The fourth-order valence-electron chi connectivity index (χ4n) is 2.29. The molecule has 0 unspecified atom stereocenters. The van der Waals surface area contributed by atoms with Gasteiger partial charge in [-0.25, -0.2) is 9.97 Å². The van der Waals surface area contributed by atoms with Crippen molar-refractivity contribution >= 4 is 37.5 Å². The maximum Gasteiger partial charge on any atom is 0.126 e. The van der Waals surface area contributed by atoms with Gasteiger partial charge in [0, 0.05) is 23.7 Å². The molecule has 0 aromatic carbocycles. The van der Waals surface area contributed by atoms with Crippen LogP contribution in [0.25, 0.3) is 21.5 Å². The fraction of sp³-hybridized carbons (Fsp3) is 0.400. The van der Waals surface area contributed by atoms with E-state index in [9.17, 15) is 0 Å². The molecule has 21 heavy (non-hydrogen) atoms. The summed E-state index contributed by atoms with van der Waals surface area (Å²) in [5.41, 5.74) is 5.22. The Morgan fingerprint density at radius 1 is 1.14 bits per heavy atom. The molecule has 0 atom stereocenters. The second kappa shape index (κ2) is 6.23. The highest BCUT2D eigenvalue weighted by Crippen LogP contribution is 2.37. The predicted octanol–water partition coefficient (Wildman–Crippen LogP) is 4.81. The molecule has 3 heterocycles. The molecule has 3 aromatic rings. The molecule has 4 nitrogen and oxygen atoms in total. The molecule has 6 heteroatoms. The van der Waals surface area contributed by atoms with Crippen molar-refractivity contribution in [2.75, 3.05) is 0 Å². The van der Waals surface area contributed by atoms with Gasteiger partial charge in [0.05, 0.1) is 26.1 Å². The van der Waals surface area contributed by atoms with Crippen LogP contribution in [0.3, 0.4) is 0 Å². The van der Waals surface area contributed by atoms with Crippen molar-refractivity contribution in [1.82, 2.24) is 19.7 Å². The Morgan fingerprint density at radius 3 is 2.38 bits per heavy atom. The van der Waals surface area contributed by atoms with E-state index in [2.05, 4.69) is 43.3 Å². The van der Waals surface area contributed by atoms with E-state index >= 15 is 0 Å². The first kappa shape index (κ1) is 16.1. The van der Waals surface area contributed by atoms with Crippen molar-refractivity contribution in [1.29, 1.82) is 0 Å². The maximum absolute atomic E-state index is 4.65. The van der Waals surface area contributed by atoms with Gasteiger partial charge in [0.1, 0.15) is 5.82 Å². The van der Waals surface area contributed by atoms with Crippen LogP contribution in [0, 0.1) is 20.8 Å². The van der Waals surface area contributed by atoms with Gasteiger partial charge >= 0.3 is 0 Å². The maximum atomic E-state index is 4.65. The molecule has 0 saturated carbocycles.